The Balaban J connectivity index is 1.77. The van der Waals surface area contributed by atoms with Crippen LogP contribution in [0.25, 0.3) is 0 Å². The molecule has 3 aromatic carbocycles. The van der Waals surface area contributed by atoms with Crippen LogP contribution in [0, 0.1) is 0 Å². The molecule has 1 N–H and O–H groups in total. The fourth-order valence-corrected chi connectivity index (χ4v) is 7.10. The normalized spacial score (nSPS) is 22.4. The average molecular weight is 678 g/mol. The molecular formula is C38H46Cl2N4O3. The van der Waals surface area contributed by atoms with E-state index in [1.165, 1.54) is 5.56 Å². The molecular weight excluding hydrogens is 631 g/mol. The molecule has 5 rings (SSSR count). The van der Waals surface area contributed by atoms with Gasteiger partial charge < -0.3 is 14.7 Å². The molecule has 1 fully saturated rings. The van der Waals surface area contributed by atoms with Crippen molar-refractivity contribution in [2.24, 2.45) is 4.99 Å². The van der Waals surface area contributed by atoms with Crippen molar-refractivity contribution in [1.29, 1.82) is 0 Å². The fourth-order valence-electron chi connectivity index (χ4n) is 6.85. The minimum Gasteiger partial charge on any atom is -0.493 e. The molecule has 250 valence electrons. The molecule has 0 aliphatic carbocycles. The van der Waals surface area contributed by atoms with Gasteiger partial charge in [0.1, 0.15) is 22.9 Å². The number of aliphatic imine (C=N–C) groups is 1. The first-order valence-electron chi connectivity index (χ1n) is 16.3. The highest BCUT2D eigenvalue weighted by molar-refractivity contribution is 6.30. The number of carbonyl (C=O) groups is 1. The van der Waals surface area contributed by atoms with E-state index in [-0.39, 0.29) is 12.0 Å². The lowest BCUT2D eigenvalue weighted by molar-refractivity contribution is -0.138. The number of hydrogen-bond acceptors (Lipinski definition) is 6. The topological polar surface area (TPSA) is 68.6 Å². The Bertz CT molecular complexity index is 1660. The van der Waals surface area contributed by atoms with Gasteiger partial charge in [0.2, 0.25) is 0 Å². The van der Waals surface area contributed by atoms with E-state index in [1.807, 2.05) is 36.1 Å². The van der Waals surface area contributed by atoms with Crippen LogP contribution in [0.1, 0.15) is 70.7 Å². The second-order valence-electron chi connectivity index (χ2n) is 13.6. The smallest absolute Gasteiger partial charge is 0.317 e. The molecule has 0 aromatic heterocycles. The summed E-state index contributed by atoms with van der Waals surface area (Å²) < 4.78 is 6.38. The molecule has 0 saturated carbocycles. The molecule has 7 nitrogen and oxygen atoms in total. The van der Waals surface area contributed by atoms with Gasteiger partial charge in [-0.3, -0.25) is 19.6 Å². The quantitative estimate of drug-likeness (QED) is 0.247. The molecule has 1 saturated heterocycles. The zero-order valence-corrected chi connectivity index (χ0v) is 30.0. The van der Waals surface area contributed by atoms with Crippen molar-refractivity contribution in [3.63, 3.8) is 0 Å². The third kappa shape index (κ3) is 6.63. The third-order valence-electron chi connectivity index (χ3n) is 9.68. The minimum atomic E-state index is -0.810. The lowest BCUT2D eigenvalue weighted by atomic mass is 9.70. The van der Waals surface area contributed by atoms with Crippen molar-refractivity contribution in [3.8, 4) is 5.75 Å². The Kier molecular flexibility index (Phi) is 10.0. The van der Waals surface area contributed by atoms with Gasteiger partial charge >= 0.3 is 5.97 Å². The van der Waals surface area contributed by atoms with Crippen molar-refractivity contribution >= 4 is 35.0 Å². The monoisotopic (exact) mass is 676 g/mol. The van der Waals surface area contributed by atoms with Gasteiger partial charge in [-0.15, -0.1) is 0 Å². The summed E-state index contributed by atoms with van der Waals surface area (Å²) in [6.45, 7) is 18.3. The number of carboxylic acids is 1. The number of amidine groups is 1. The van der Waals surface area contributed by atoms with Crippen LogP contribution in [0.5, 0.6) is 5.75 Å². The minimum absolute atomic E-state index is 0.0321. The van der Waals surface area contributed by atoms with E-state index in [2.05, 4.69) is 99.9 Å². The molecule has 0 amide bonds. The number of allylic oxidation sites excluding steroid dienone is 1. The van der Waals surface area contributed by atoms with E-state index in [0.29, 0.717) is 42.8 Å². The Labute approximate surface area is 289 Å². The van der Waals surface area contributed by atoms with Crippen LogP contribution in [0.15, 0.2) is 83.6 Å². The van der Waals surface area contributed by atoms with Crippen LogP contribution in [-0.2, 0) is 21.3 Å². The summed E-state index contributed by atoms with van der Waals surface area (Å²) in [5.74, 6) is 1.76. The van der Waals surface area contributed by atoms with Crippen molar-refractivity contribution in [1.82, 2.24) is 14.7 Å². The van der Waals surface area contributed by atoms with Gasteiger partial charge in [0, 0.05) is 36.2 Å². The second-order valence-corrected chi connectivity index (χ2v) is 14.5. The molecule has 0 radical (unpaired) electrons. The molecule has 0 bridgehead atoms. The molecule has 0 spiro atoms. The van der Waals surface area contributed by atoms with Crippen LogP contribution < -0.4 is 4.74 Å². The van der Waals surface area contributed by atoms with E-state index in [1.54, 1.807) is 0 Å². The predicted molar refractivity (Wildman–Crippen MR) is 192 cm³/mol. The van der Waals surface area contributed by atoms with Gasteiger partial charge in [-0.2, -0.15) is 0 Å². The van der Waals surface area contributed by atoms with Gasteiger partial charge in [-0.05, 0) is 92.3 Å². The summed E-state index contributed by atoms with van der Waals surface area (Å²) in [4.78, 5) is 23.9. The zero-order chi connectivity index (χ0) is 34.1. The number of nitrogens with zero attached hydrogens (tertiary/aromatic N) is 4. The first-order chi connectivity index (χ1) is 22.2. The number of hydrogen-bond donors (Lipinski definition) is 1. The fraction of sp³-hybridized carbons (Fsp3) is 0.421. The highest BCUT2D eigenvalue weighted by atomic mass is 35.5. The van der Waals surface area contributed by atoms with E-state index < -0.39 is 17.0 Å². The van der Waals surface area contributed by atoms with E-state index in [4.69, 9.17) is 32.9 Å². The Morgan fingerprint density at radius 2 is 1.51 bits per heavy atom. The number of piperazine rings is 1. The maximum Gasteiger partial charge on any atom is 0.317 e. The molecule has 2 atom stereocenters. The summed E-state index contributed by atoms with van der Waals surface area (Å²) in [6, 6.07) is 22.5. The molecule has 47 heavy (non-hydrogen) atoms. The number of benzene rings is 3. The predicted octanol–water partition coefficient (Wildman–Crippen LogP) is 8.15. The number of halogens is 2. The van der Waals surface area contributed by atoms with Gasteiger partial charge in [0.05, 0.1) is 24.3 Å². The molecule has 9 heteroatoms. The SMILES string of the molecule is C/C=C(\N1CCN(CC(=O)O)CC1)N1C(c2ccc(C(C)(C)C)cc2OCC)=N[C@@](C)(c2ccc(Cl)cc2)[C@@]1(C)c1ccc(Cl)cc1. The van der Waals surface area contributed by atoms with E-state index in [9.17, 15) is 9.90 Å². The van der Waals surface area contributed by atoms with Crippen molar-refractivity contribution in [2.75, 3.05) is 39.3 Å². The molecule has 2 heterocycles. The standard InChI is InChI=1S/C38H46Cl2N4O3/c1-8-33(43-22-20-42(21-23-43)25-34(45)46)44-35(31-19-14-28(36(3,4)5)24-32(31)47-9-2)41-37(6,26-10-15-29(39)16-11-26)38(44,7)27-12-17-30(40)18-13-27/h8,10-19,24H,9,20-23,25H2,1-7H3,(H,45,46)/b33-8+/t37-,38+/m0/s1. The number of aliphatic carboxylic acids is 1. The molecule has 2 aliphatic heterocycles. The van der Waals surface area contributed by atoms with E-state index in [0.717, 1.165) is 34.1 Å². The summed E-state index contributed by atoms with van der Waals surface area (Å²) >= 11 is 12.9. The maximum absolute atomic E-state index is 11.5. The van der Waals surface area contributed by atoms with Crippen molar-refractivity contribution in [2.45, 2.75) is 65.0 Å². The highest BCUT2D eigenvalue weighted by Gasteiger charge is 2.59. The van der Waals surface area contributed by atoms with Crippen LogP contribution in [0.4, 0.5) is 0 Å². The largest absolute Gasteiger partial charge is 0.493 e. The van der Waals surface area contributed by atoms with Gasteiger partial charge in [0.25, 0.3) is 0 Å². The molecule has 2 aliphatic rings. The Morgan fingerprint density at radius 1 is 0.936 bits per heavy atom. The average Bonchev–Trinajstić information content (AvgIpc) is 3.26. The first kappa shape index (κ1) is 34.8. The third-order valence-corrected chi connectivity index (χ3v) is 10.2. The lowest BCUT2D eigenvalue weighted by Crippen LogP contribution is -2.57. The van der Waals surface area contributed by atoms with Crippen LogP contribution in [0.3, 0.4) is 0 Å². The van der Waals surface area contributed by atoms with Crippen LogP contribution in [-0.4, -0.2) is 70.9 Å². The van der Waals surface area contributed by atoms with Crippen molar-refractivity contribution in [3.05, 3.63) is 111 Å². The number of ether oxygens (including phenoxy) is 1. The second kappa shape index (κ2) is 13.5. The van der Waals surface area contributed by atoms with Gasteiger partial charge in [0.15, 0.2) is 0 Å². The summed E-state index contributed by atoms with van der Waals surface area (Å²) in [5.41, 5.74) is 2.55. The van der Waals surface area contributed by atoms with Crippen LogP contribution in [0.2, 0.25) is 10.0 Å². The van der Waals surface area contributed by atoms with Gasteiger partial charge in [-0.25, -0.2) is 0 Å². The first-order valence-corrected chi connectivity index (χ1v) is 17.0. The highest BCUT2D eigenvalue weighted by Crippen LogP contribution is 2.55. The van der Waals surface area contributed by atoms with Crippen molar-refractivity contribution < 1.29 is 14.6 Å². The number of carboxylic acid groups (broad SMARTS) is 1. The summed E-state index contributed by atoms with van der Waals surface area (Å²) in [7, 11) is 0. The summed E-state index contributed by atoms with van der Waals surface area (Å²) in [6.07, 6.45) is 2.15. The Hall–Kier alpha value is -3.52. The Morgan fingerprint density at radius 3 is 2.02 bits per heavy atom. The maximum atomic E-state index is 11.5. The lowest BCUT2D eigenvalue weighted by Gasteiger charge is -2.50. The van der Waals surface area contributed by atoms with Gasteiger partial charge in [-0.1, -0.05) is 74.3 Å². The van der Waals surface area contributed by atoms with Crippen LogP contribution >= 0.6 is 23.2 Å². The van der Waals surface area contributed by atoms with E-state index >= 15 is 0 Å². The molecule has 3 aromatic rings. The molecule has 0 unspecified atom stereocenters. The zero-order valence-electron chi connectivity index (χ0n) is 28.5. The summed E-state index contributed by atoms with van der Waals surface area (Å²) in [5, 5.41) is 10.8. The number of rotatable bonds is 9.